The molecule has 94 valence electrons. The Morgan fingerprint density at radius 1 is 0.941 bits per heavy atom. The lowest BCUT2D eigenvalue weighted by molar-refractivity contribution is -0.231. The Morgan fingerprint density at radius 2 is 1.59 bits per heavy atom. The van der Waals surface area contributed by atoms with Gasteiger partial charge in [-0.25, -0.2) is 0 Å². The van der Waals surface area contributed by atoms with E-state index in [1.54, 1.807) is 24.3 Å². The maximum absolute atomic E-state index is 9.86. The van der Waals surface area contributed by atoms with Crippen LogP contribution in [0, 0.1) is 0 Å². The molecule has 0 saturated carbocycles. The Balaban J connectivity index is 2.23. The lowest BCUT2D eigenvalue weighted by atomic mass is 9.91. The summed E-state index contributed by atoms with van der Waals surface area (Å²) in [6, 6.07) is 8.92. The quantitative estimate of drug-likeness (QED) is 0.543. The minimum Gasteiger partial charge on any atom is -0.394 e. The van der Waals surface area contributed by atoms with Crippen LogP contribution in [0.1, 0.15) is 11.7 Å². The summed E-state index contributed by atoms with van der Waals surface area (Å²) >= 11 is 0. The van der Waals surface area contributed by atoms with E-state index in [-0.39, 0.29) is 0 Å². The van der Waals surface area contributed by atoms with E-state index in [1.807, 2.05) is 6.07 Å². The predicted octanol–water partition coefficient (Wildman–Crippen LogP) is -0.799. The van der Waals surface area contributed by atoms with Crippen LogP contribution in [-0.4, -0.2) is 51.4 Å². The summed E-state index contributed by atoms with van der Waals surface area (Å²) in [4.78, 5) is 0. The largest absolute Gasteiger partial charge is 0.394 e. The van der Waals surface area contributed by atoms with E-state index in [0.717, 1.165) is 0 Å². The number of aliphatic hydroxyl groups is 4. The molecular formula is C12H16O5. The third-order valence-electron chi connectivity index (χ3n) is 3.02. The van der Waals surface area contributed by atoms with Crippen LogP contribution in [0.5, 0.6) is 0 Å². The van der Waals surface area contributed by atoms with Gasteiger partial charge in [0.1, 0.15) is 30.5 Å². The van der Waals surface area contributed by atoms with Crippen molar-refractivity contribution in [3.05, 3.63) is 35.9 Å². The molecule has 1 aromatic carbocycles. The first-order chi connectivity index (χ1) is 8.15. The highest BCUT2D eigenvalue weighted by Gasteiger charge is 2.43. The molecule has 0 amide bonds. The summed E-state index contributed by atoms with van der Waals surface area (Å²) in [5, 5.41) is 38.2. The van der Waals surface area contributed by atoms with Gasteiger partial charge < -0.3 is 25.2 Å². The van der Waals surface area contributed by atoms with Gasteiger partial charge >= 0.3 is 0 Å². The molecule has 0 radical (unpaired) electrons. The Kier molecular flexibility index (Phi) is 3.76. The van der Waals surface area contributed by atoms with Crippen molar-refractivity contribution in [3.8, 4) is 0 Å². The second-order valence-electron chi connectivity index (χ2n) is 4.16. The van der Waals surface area contributed by atoms with Gasteiger partial charge in [-0.05, 0) is 5.56 Å². The molecule has 0 aromatic heterocycles. The van der Waals surface area contributed by atoms with E-state index in [1.165, 1.54) is 0 Å². The summed E-state index contributed by atoms with van der Waals surface area (Å²) in [5.74, 6) is 0. The van der Waals surface area contributed by atoms with Crippen LogP contribution in [0.3, 0.4) is 0 Å². The van der Waals surface area contributed by atoms with Gasteiger partial charge in [0.15, 0.2) is 0 Å². The maximum atomic E-state index is 9.86. The highest BCUT2D eigenvalue weighted by Crippen LogP contribution is 2.31. The molecule has 0 aliphatic carbocycles. The zero-order chi connectivity index (χ0) is 12.4. The van der Waals surface area contributed by atoms with Crippen LogP contribution in [0.25, 0.3) is 0 Å². The molecule has 5 nitrogen and oxygen atoms in total. The Hall–Kier alpha value is -0.980. The van der Waals surface area contributed by atoms with Gasteiger partial charge in [0, 0.05) is 0 Å². The van der Waals surface area contributed by atoms with Gasteiger partial charge in [-0.15, -0.1) is 0 Å². The van der Waals surface area contributed by atoms with Crippen LogP contribution in [0.15, 0.2) is 30.3 Å². The van der Waals surface area contributed by atoms with Crippen molar-refractivity contribution in [2.24, 2.45) is 0 Å². The molecule has 17 heavy (non-hydrogen) atoms. The summed E-state index contributed by atoms with van der Waals surface area (Å²) in [6.45, 7) is -0.408. The van der Waals surface area contributed by atoms with E-state index in [9.17, 15) is 15.3 Å². The van der Waals surface area contributed by atoms with Crippen molar-refractivity contribution in [1.82, 2.24) is 0 Å². The highest BCUT2D eigenvalue weighted by molar-refractivity contribution is 5.20. The summed E-state index contributed by atoms with van der Waals surface area (Å²) < 4.78 is 5.41. The Morgan fingerprint density at radius 3 is 2.18 bits per heavy atom. The second kappa shape index (κ2) is 5.12. The number of hydrogen-bond acceptors (Lipinski definition) is 5. The number of hydrogen-bond donors (Lipinski definition) is 4. The third-order valence-corrected chi connectivity index (χ3v) is 3.02. The molecule has 4 N–H and O–H groups in total. The Bertz CT molecular complexity index is 353. The standard InChI is InChI=1S/C12H16O5/c13-6-8-9(14)10(15)11(16)12(17-8)7-4-2-1-3-5-7/h1-5,8-16H,6H2/t8-,9-,10+,11?,12-/m1/s1. The first-order valence-corrected chi connectivity index (χ1v) is 5.50. The van der Waals surface area contributed by atoms with Crippen molar-refractivity contribution >= 4 is 0 Å². The molecule has 1 fully saturated rings. The van der Waals surface area contributed by atoms with Gasteiger partial charge in [0.05, 0.1) is 6.61 Å². The van der Waals surface area contributed by atoms with Crippen LogP contribution >= 0.6 is 0 Å². The average molecular weight is 240 g/mol. The summed E-state index contributed by atoms with van der Waals surface area (Å²) in [6.07, 6.45) is -5.46. The molecule has 0 bridgehead atoms. The van der Waals surface area contributed by atoms with Crippen molar-refractivity contribution < 1.29 is 25.2 Å². The second-order valence-corrected chi connectivity index (χ2v) is 4.16. The highest BCUT2D eigenvalue weighted by atomic mass is 16.5. The number of rotatable bonds is 2. The molecule has 5 heteroatoms. The third kappa shape index (κ3) is 2.34. The Labute approximate surface area is 98.9 Å². The number of ether oxygens (including phenoxy) is 1. The SMILES string of the molecule is OC[C@H]1O[C@H](c2ccccc2)C(O)[C@@H](O)[C@@H]1O. The molecule has 1 aliphatic heterocycles. The first kappa shape index (κ1) is 12.5. The van der Waals surface area contributed by atoms with Gasteiger partial charge in [-0.1, -0.05) is 30.3 Å². The van der Waals surface area contributed by atoms with E-state index in [2.05, 4.69) is 0 Å². The summed E-state index contributed by atoms with van der Waals surface area (Å²) in [7, 11) is 0. The van der Waals surface area contributed by atoms with Crippen LogP contribution < -0.4 is 0 Å². The van der Waals surface area contributed by atoms with E-state index in [0.29, 0.717) is 5.56 Å². The molecule has 1 aromatic rings. The lowest BCUT2D eigenvalue weighted by Crippen LogP contribution is -2.55. The molecule has 5 atom stereocenters. The van der Waals surface area contributed by atoms with Crippen LogP contribution in [0.4, 0.5) is 0 Å². The molecule has 0 spiro atoms. The monoisotopic (exact) mass is 240 g/mol. The maximum Gasteiger partial charge on any atom is 0.113 e. The van der Waals surface area contributed by atoms with E-state index >= 15 is 0 Å². The van der Waals surface area contributed by atoms with Crippen LogP contribution in [0.2, 0.25) is 0 Å². The smallest absolute Gasteiger partial charge is 0.113 e. The van der Waals surface area contributed by atoms with Gasteiger partial charge in [0.25, 0.3) is 0 Å². The number of benzene rings is 1. The van der Waals surface area contributed by atoms with E-state index in [4.69, 9.17) is 9.84 Å². The van der Waals surface area contributed by atoms with Gasteiger partial charge in [-0.2, -0.15) is 0 Å². The predicted molar refractivity (Wildman–Crippen MR) is 59.2 cm³/mol. The van der Waals surface area contributed by atoms with Gasteiger partial charge in [-0.3, -0.25) is 0 Å². The topological polar surface area (TPSA) is 90.2 Å². The van der Waals surface area contributed by atoms with Crippen LogP contribution in [-0.2, 0) is 4.74 Å². The van der Waals surface area contributed by atoms with E-state index < -0.39 is 37.1 Å². The van der Waals surface area contributed by atoms with Crippen molar-refractivity contribution in [1.29, 1.82) is 0 Å². The van der Waals surface area contributed by atoms with Gasteiger partial charge in [0.2, 0.25) is 0 Å². The number of aliphatic hydroxyl groups excluding tert-OH is 4. The molecule has 1 heterocycles. The molecule has 2 rings (SSSR count). The van der Waals surface area contributed by atoms with Crippen molar-refractivity contribution in [3.63, 3.8) is 0 Å². The van der Waals surface area contributed by atoms with Crippen molar-refractivity contribution in [2.45, 2.75) is 30.5 Å². The fraction of sp³-hybridized carbons (Fsp3) is 0.500. The molecule has 1 unspecified atom stereocenters. The molecule has 1 aliphatic rings. The summed E-state index contributed by atoms with van der Waals surface area (Å²) in [5.41, 5.74) is 0.699. The fourth-order valence-electron chi connectivity index (χ4n) is 2.02. The molecular weight excluding hydrogens is 224 g/mol. The normalized spacial score (nSPS) is 38.0. The minimum atomic E-state index is -1.33. The zero-order valence-electron chi connectivity index (χ0n) is 9.18. The minimum absolute atomic E-state index is 0.408. The first-order valence-electron chi connectivity index (χ1n) is 5.50. The fourth-order valence-corrected chi connectivity index (χ4v) is 2.02. The zero-order valence-corrected chi connectivity index (χ0v) is 9.18. The molecule has 1 saturated heterocycles. The average Bonchev–Trinajstić information content (AvgIpc) is 2.37. The lowest BCUT2D eigenvalue weighted by Gasteiger charge is -2.40. The van der Waals surface area contributed by atoms with Crippen molar-refractivity contribution in [2.75, 3.05) is 6.61 Å².